The van der Waals surface area contributed by atoms with Crippen molar-refractivity contribution in [3.63, 3.8) is 0 Å². The maximum Gasteiger partial charge on any atom is 0.265 e. The number of carbonyl (C=O) groups is 1. The predicted molar refractivity (Wildman–Crippen MR) is 104 cm³/mol. The van der Waals surface area contributed by atoms with Gasteiger partial charge in [0.25, 0.3) is 5.91 Å². The molecule has 0 aliphatic carbocycles. The van der Waals surface area contributed by atoms with Crippen LogP contribution in [-0.4, -0.2) is 45.4 Å². The van der Waals surface area contributed by atoms with Gasteiger partial charge in [0.2, 0.25) is 0 Å². The molecule has 0 bridgehead atoms. The van der Waals surface area contributed by atoms with Crippen LogP contribution in [0.2, 0.25) is 0 Å². The molecule has 146 valence electrons. The molecule has 26 heavy (non-hydrogen) atoms. The van der Waals surface area contributed by atoms with Gasteiger partial charge in [-0.2, -0.15) is 0 Å². The van der Waals surface area contributed by atoms with Crippen LogP contribution in [-0.2, 0) is 9.47 Å². The van der Waals surface area contributed by atoms with Crippen molar-refractivity contribution in [2.24, 2.45) is 5.84 Å². The zero-order chi connectivity index (χ0) is 18.6. The van der Waals surface area contributed by atoms with Gasteiger partial charge in [-0.05, 0) is 49.9 Å². The quantitative estimate of drug-likeness (QED) is 0.274. The number of nitrogen functional groups attached to an aromatic ring is 1. The Morgan fingerprint density at radius 1 is 1.08 bits per heavy atom. The van der Waals surface area contributed by atoms with Crippen molar-refractivity contribution in [1.82, 2.24) is 5.43 Å². The van der Waals surface area contributed by atoms with E-state index in [4.69, 9.17) is 15.3 Å². The smallest absolute Gasteiger partial charge is 0.265 e. The highest BCUT2D eigenvalue weighted by atomic mass is 16.5. The topological polar surface area (TPSA) is 76.8 Å². The summed E-state index contributed by atoms with van der Waals surface area (Å²) in [5.74, 6) is 4.90. The average molecular weight is 364 g/mol. The number of nitrogens with two attached hydrogens (primary N) is 1. The van der Waals surface area contributed by atoms with E-state index >= 15 is 0 Å². The molecule has 6 heteroatoms. The lowest BCUT2D eigenvalue weighted by molar-refractivity contribution is 0.0347. The second-order valence-corrected chi connectivity index (χ2v) is 6.84. The van der Waals surface area contributed by atoms with E-state index in [1.54, 1.807) is 7.11 Å². The van der Waals surface area contributed by atoms with Crippen molar-refractivity contribution < 1.29 is 14.3 Å². The number of piperidine rings is 1. The fourth-order valence-electron chi connectivity index (χ4n) is 3.32. The van der Waals surface area contributed by atoms with Gasteiger partial charge in [-0.25, -0.2) is 5.84 Å². The third-order valence-electron chi connectivity index (χ3n) is 4.91. The number of nitrogens with zero attached hydrogens (tertiary/aromatic N) is 1. The number of hydrazine groups is 1. The molecule has 1 aliphatic rings. The molecule has 1 amide bonds. The minimum absolute atomic E-state index is 0.262. The molecule has 0 aromatic heterocycles. The molecular weight excluding hydrogens is 330 g/mol. The number of ether oxygens (including phenoxy) is 2. The Labute approximate surface area is 157 Å². The van der Waals surface area contributed by atoms with E-state index < -0.39 is 0 Å². The first kappa shape index (κ1) is 20.7. The van der Waals surface area contributed by atoms with Crippen molar-refractivity contribution in [2.75, 3.05) is 38.3 Å². The minimum atomic E-state index is -0.262. The van der Waals surface area contributed by atoms with Gasteiger partial charge in [0.15, 0.2) is 0 Å². The van der Waals surface area contributed by atoms with E-state index in [2.05, 4.69) is 10.3 Å². The van der Waals surface area contributed by atoms with E-state index in [0.29, 0.717) is 11.7 Å². The average Bonchev–Trinajstić information content (AvgIpc) is 2.70. The molecular formula is C20H33N3O3. The summed E-state index contributed by atoms with van der Waals surface area (Å²) in [4.78, 5) is 13.8. The molecule has 1 heterocycles. The van der Waals surface area contributed by atoms with Crippen LogP contribution in [0.15, 0.2) is 24.3 Å². The monoisotopic (exact) mass is 363 g/mol. The highest BCUT2D eigenvalue weighted by molar-refractivity contribution is 5.94. The number of benzene rings is 1. The van der Waals surface area contributed by atoms with E-state index in [-0.39, 0.29) is 5.91 Å². The number of anilines is 1. The number of carbonyl (C=O) groups excluding carboxylic acids is 1. The Hall–Kier alpha value is -1.63. The standard InChI is InChI=1S/C20H33N3O3/c1-25-15-5-3-2-4-6-16-26-19-11-13-23(14-12-19)18-9-7-17(8-10-18)20(24)22-21/h7-10,19H,2-6,11-16,21H2,1H3,(H,22,24). The van der Waals surface area contributed by atoms with Gasteiger partial charge >= 0.3 is 0 Å². The maximum absolute atomic E-state index is 11.5. The molecule has 0 radical (unpaired) electrons. The lowest BCUT2D eigenvalue weighted by atomic mass is 10.1. The number of hydrogen-bond acceptors (Lipinski definition) is 5. The van der Waals surface area contributed by atoms with Gasteiger partial charge in [-0.1, -0.05) is 19.3 Å². The minimum Gasteiger partial charge on any atom is -0.385 e. The molecule has 1 saturated heterocycles. The first-order valence-electron chi connectivity index (χ1n) is 9.71. The first-order chi connectivity index (χ1) is 12.7. The SMILES string of the molecule is COCCCCCCCOC1CCN(c2ccc(C(=O)NN)cc2)CC1. The molecule has 0 saturated carbocycles. The highest BCUT2D eigenvalue weighted by Gasteiger charge is 2.20. The zero-order valence-corrected chi connectivity index (χ0v) is 15.9. The Morgan fingerprint density at radius 2 is 1.69 bits per heavy atom. The summed E-state index contributed by atoms with van der Waals surface area (Å²) in [5, 5.41) is 0. The van der Waals surface area contributed by atoms with Crippen molar-refractivity contribution in [1.29, 1.82) is 0 Å². The number of unbranched alkanes of at least 4 members (excludes halogenated alkanes) is 4. The summed E-state index contributed by atoms with van der Waals surface area (Å²) >= 11 is 0. The van der Waals surface area contributed by atoms with E-state index in [0.717, 1.165) is 57.7 Å². The van der Waals surface area contributed by atoms with Gasteiger partial charge in [0.05, 0.1) is 6.10 Å². The van der Waals surface area contributed by atoms with Crippen molar-refractivity contribution in [2.45, 2.75) is 51.0 Å². The largest absolute Gasteiger partial charge is 0.385 e. The van der Waals surface area contributed by atoms with Crippen molar-refractivity contribution in [3.05, 3.63) is 29.8 Å². The van der Waals surface area contributed by atoms with Gasteiger partial charge in [0.1, 0.15) is 0 Å². The third-order valence-corrected chi connectivity index (χ3v) is 4.91. The Kier molecular flexibility index (Phi) is 9.45. The predicted octanol–water partition coefficient (Wildman–Crippen LogP) is 2.87. The van der Waals surface area contributed by atoms with Crippen LogP contribution in [0.4, 0.5) is 5.69 Å². The van der Waals surface area contributed by atoms with Crippen LogP contribution >= 0.6 is 0 Å². The van der Waals surface area contributed by atoms with Crippen LogP contribution in [0.1, 0.15) is 55.3 Å². The molecule has 2 rings (SSSR count). The fraction of sp³-hybridized carbons (Fsp3) is 0.650. The lowest BCUT2D eigenvalue weighted by Gasteiger charge is -2.33. The molecule has 1 aliphatic heterocycles. The lowest BCUT2D eigenvalue weighted by Crippen LogP contribution is -2.37. The number of methoxy groups -OCH3 is 1. The molecule has 0 unspecified atom stereocenters. The number of hydrogen-bond donors (Lipinski definition) is 2. The first-order valence-corrected chi connectivity index (χ1v) is 9.71. The zero-order valence-electron chi connectivity index (χ0n) is 15.9. The highest BCUT2D eigenvalue weighted by Crippen LogP contribution is 2.22. The summed E-state index contributed by atoms with van der Waals surface area (Å²) < 4.78 is 11.1. The Balaban J connectivity index is 1.59. The number of nitrogens with one attached hydrogen (secondary N) is 1. The van der Waals surface area contributed by atoms with Gasteiger partial charge in [0, 0.05) is 44.7 Å². The van der Waals surface area contributed by atoms with Gasteiger partial charge in [-0.15, -0.1) is 0 Å². The molecule has 1 fully saturated rings. The summed E-state index contributed by atoms with van der Waals surface area (Å²) in [7, 11) is 1.76. The van der Waals surface area contributed by atoms with E-state index in [1.807, 2.05) is 24.3 Å². The van der Waals surface area contributed by atoms with Gasteiger partial charge in [-0.3, -0.25) is 10.2 Å². The molecule has 1 aromatic rings. The second kappa shape index (κ2) is 11.9. The fourth-order valence-corrected chi connectivity index (χ4v) is 3.32. The summed E-state index contributed by atoms with van der Waals surface area (Å²) in [6, 6.07) is 7.59. The van der Waals surface area contributed by atoms with Crippen molar-refractivity contribution in [3.8, 4) is 0 Å². The second-order valence-electron chi connectivity index (χ2n) is 6.84. The number of rotatable bonds is 11. The maximum atomic E-state index is 11.5. The van der Waals surface area contributed by atoms with Crippen LogP contribution in [0, 0.1) is 0 Å². The molecule has 1 aromatic carbocycles. The molecule has 6 nitrogen and oxygen atoms in total. The molecule has 0 atom stereocenters. The third kappa shape index (κ3) is 6.94. The summed E-state index contributed by atoms with van der Waals surface area (Å²) in [6.45, 7) is 3.73. The normalized spacial score (nSPS) is 15.2. The number of amides is 1. The van der Waals surface area contributed by atoms with Crippen LogP contribution in [0.5, 0.6) is 0 Å². The van der Waals surface area contributed by atoms with Crippen molar-refractivity contribution >= 4 is 11.6 Å². The van der Waals surface area contributed by atoms with Crippen LogP contribution in [0.3, 0.4) is 0 Å². The van der Waals surface area contributed by atoms with Crippen LogP contribution in [0.25, 0.3) is 0 Å². The Morgan fingerprint density at radius 3 is 2.31 bits per heavy atom. The van der Waals surface area contributed by atoms with E-state index in [1.165, 1.54) is 19.3 Å². The molecule has 0 spiro atoms. The Bertz CT molecular complexity index is 514. The van der Waals surface area contributed by atoms with E-state index in [9.17, 15) is 4.79 Å². The van der Waals surface area contributed by atoms with Gasteiger partial charge < -0.3 is 14.4 Å². The molecule has 3 N–H and O–H groups in total. The summed E-state index contributed by atoms with van der Waals surface area (Å²) in [6.07, 6.45) is 8.55. The summed E-state index contributed by atoms with van der Waals surface area (Å²) in [5.41, 5.74) is 3.88. The van der Waals surface area contributed by atoms with Crippen LogP contribution < -0.4 is 16.2 Å².